The van der Waals surface area contributed by atoms with Crippen molar-refractivity contribution in [2.24, 2.45) is 0 Å². The highest BCUT2D eigenvalue weighted by Gasteiger charge is 2.36. The molecule has 0 bridgehead atoms. The van der Waals surface area contributed by atoms with Crippen molar-refractivity contribution in [2.75, 3.05) is 10.8 Å². The Hall–Kier alpha value is -4.21. The predicted octanol–water partition coefficient (Wildman–Crippen LogP) is 7.07. The minimum absolute atomic E-state index is 0.0190. The largest absolute Gasteiger partial charge is 0.352 e. The summed E-state index contributed by atoms with van der Waals surface area (Å²) in [6.45, 7) is 1.07. The van der Waals surface area contributed by atoms with E-state index in [-0.39, 0.29) is 35.5 Å². The van der Waals surface area contributed by atoms with E-state index in [1.165, 1.54) is 35.2 Å². The first-order chi connectivity index (χ1) is 22.6. The summed E-state index contributed by atoms with van der Waals surface area (Å²) in [7, 11) is -4.40. The first-order valence-corrected chi connectivity index (χ1v) is 17.7. The lowest BCUT2D eigenvalue weighted by molar-refractivity contribution is -0.140. The Kier molecular flexibility index (Phi) is 11.3. The molecule has 0 saturated heterocycles. The molecule has 0 heterocycles. The lowest BCUT2D eigenvalue weighted by Crippen LogP contribution is -2.55. The lowest BCUT2D eigenvalue weighted by atomic mass is 9.94. The summed E-state index contributed by atoms with van der Waals surface area (Å²) in [4.78, 5) is 30.0. The van der Waals surface area contributed by atoms with Crippen molar-refractivity contribution in [2.45, 2.75) is 69.0 Å². The van der Waals surface area contributed by atoms with Crippen molar-refractivity contribution in [1.29, 1.82) is 0 Å². The molecule has 1 saturated carbocycles. The number of rotatable bonds is 12. The molecule has 0 aliphatic heterocycles. The van der Waals surface area contributed by atoms with Crippen LogP contribution in [-0.4, -0.2) is 43.8 Å². The second-order valence-corrected chi connectivity index (χ2v) is 14.3. The summed E-state index contributed by atoms with van der Waals surface area (Å²) in [5.74, 6) is -1.79. The number of aryl methyl sites for hydroxylation is 1. The van der Waals surface area contributed by atoms with Crippen LogP contribution >= 0.6 is 11.6 Å². The number of benzene rings is 4. The number of nitrogens with zero attached hydrogens (tertiary/aromatic N) is 2. The molecule has 1 N–H and O–H groups in total. The van der Waals surface area contributed by atoms with E-state index >= 15 is 4.39 Å². The summed E-state index contributed by atoms with van der Waals surface area (Å²) < 4.78 is 44.3. The zero-order chi connectivity index (χ0) is 33.4. The average molecular weight is 676 g/mol. The van der Waals surface area contributed by atoms with Gasteiger partial charge in [0, 0.05) is 24.0 Å². The fraction of sp³-hybridized carbons (Fsp3) is 0.297. The first-order valence-electron chi connectivity index (χ1n) is 15.8. The summed E-state index contributed by atoms with van der Waals surface area (Å²) in [5.41, 5.74) is 2.07. The molecule has 1 unspecified atom stereocenters. The van der Waals surface area contributed by atoms with Gasteiger partial charge in [0.1, 0.15) is 18.4 Å². The predicted molar refractivity (Wildman–Crippen MR) is 183 cm³/mol. The third-order valence-corrected chi connectivity index (χ3v) is 10.5. The van der Waals surface area contributed by atoms with Crippen molar-refractivity contribution >= 4 is 39.1 Å². The minimum Gasteiger partial charge on any atom is -0.352 e. The number of nitrogens with one attached hydrogen (secondary N) is 1. The third-order valence-electron chi connectivity index (χ3n) is 8.47. The molecule has 1 aliphatic rings. The van der Waals surface area contributed by atoms with Crippen LogP contribution in [0, 0.1) is 12.7 Å². The molecule has 1 aliphatic carbocycles. The molecule has 4 aromatic carbocycles. The van der Waals surface area contributed by atoms with Crippen LogP contribution in [0.25, 0.3) is 0 Å². The quantitative estimate of drug-likeness (QED) is 0.174. The van der Waals surface area contributed by atoms with Crippen LogP contribution in [0.4, 0.5) is 10.1 Å². The Morgan fingerprint density at radius 1 is 0.872 bits per heavy atom. The molecule has 1 atom stereocenters. The normalized spacial score (nSPS) is 14.3. The summed E-state index contributed by atoms with van der Waals surface area (Å²) in [6, 6.07) is 26.9. The molecule has 4 aromatic rings. The zero-order valence-electron chi connectivity index (χ0n) is 26.3. The van der Waals surface area contributed by atoms with E-state index in [0.717, 1.165) is 53.6 Å². The molecule has 0 radical (unpaired) electrons. The van der Waals surface area contributed by atoms with Crippen LogP contribution < -0.4 is 9.62 Å². The minimum atomic E-state index is -4.40. The van der Waals surface area contributed by atoms with Crippen LogP contribution in [-0.2, 0) is 32.6 Å². The third kappa shape index (κ3) is 8.78. The highest BCUT2D eigenvalue weighted by Crippen LogP contribution is 2.28. The number of anilines is 1. The number of halogens is 2. The molecular formula is C37H39ClFN3O4S. The van der Waals surface area contributed by atoms with E-state index in [4.69, 9.17) is 11.6 Å². The molecule has 0 aromatic heterocycles. The van der Waals surface area contributed by atoms with Gasteiger partial charge in [0.25, 0.3) is 10.0 Å². The van der Waals surface area contributed by atoms with Gasteiger partial charge < -0.3 is 10.2 Å². The first kappa shape index (κ1) is 34.1. The Morgan fingerprint density at radius 3 is 2.21 bits per heavy atom. The van der Waals surface area contributed by atoms with E-state index in [0.29, 0.717) is 10.6 Å². The number of carbonyl (C=O) groups is 2. The van der Waals surface area contributed by atoms with Crippen molar-refractivity contribution in [3.05, 3.63) is 131 Å². The van der Waals surface area contributed by atoms with Crippen molar-refractivity contribution in [3.63, 3.8) is 0 Å². The molecule has 0 spiro atoms. The van der Waals surface area contributed by atoms with Gasteiger partial charge in [0.15, 0.2) is 0 Å². The second kappa shape index (κ2) is 15.6. The average Bonchev–Trinajstić information content (AvgIpc) is 3.06. The molecule has 5 rings (SSSR count). The fourth-order valence-electron chi connectivity index (χ4n) is 5.94. The molecular weight excluding hydrogens is 637 g/mol. The van der Waals surface area contributed by atoms with Gasteiger partial charge in [-0.15, -0.1) is 0 Å². The number of hydrogen-bond donors (Lipinski definition) is 1. The standard InChI is InChI=1S/C37H39ClFN3O4S/c1-27-19-21-32(22-20-27)47(45,46)42(34-18-9-8-17-33(34)39)26-36(43)41(25-29-13-10-14-30(38)23-29)35(24-28-11-4-2-5-12-28)37(44)40-31-15-6-3-7-16-31/h2,4-5,8-14,17-23,31,35H,3,6-7,15-16,24-26H2,1H3,(H,40,44). The topological polar surface area (TPSA) is 86.8 Å². The lowest BCUT2D eigenvalue weighted by Gasteiger charge is -2.35. The summed E-state index contributed by atoms with van der Waals surface area (Å²) >= 11 is 6.32. The van der Waals surface area contributed by atoms with Gasteiger partial charge in [-0.25, -0.2) is 12.8 Å². The van der Waals surface area contributed by atoms with Gasteiger partial charge in [-0.3, -0.25) is 13.9 Å². The van der Waals surface area contributed by atoms with Crippen LogP contribution in [0.2, 0.25) is 5.02 Å². The van der Waals surface area contributed by atoms with Crippen molar-refractivity contribution in [3.8, 4) is 0 Å². The van der Waals surface area contributed by atoms with Gasteiger partial charge >= 0.3 is 0 Å². The van der Waals surface area contributed by atoms with Gasteiger partial charge in [0.05, 0.1) is 10.6 Å². The van der Waals surface area contributed by atoms with Crippen molar-refractivity contribution < 1.29 is 22.4 Å². The number of para-hydroxylation sites is 1. The molecule has 2 amide bonds. The van der Waals surface area contributed by atoms with E-state index in [1.54, 1.807) is 36.4 Å². The van der Waals surface area contributed by atoms with E-state index in [2.05, 4.69) is 5.32 Å². The number of carbonyl (C=O) groups excluding carboxylic acids is 2. The number of amides is 2. The maximum Gasteiger partial charge on any atom is 0.264 e. The molecule has 10 heteroatoms. The smallest absolute Gasteiger partial charge is 0.264 e. The molecule has 7 nitrogen and oxygen atoms in total. The SMILES string of the molecule is Cc1ccc(S(=O)(=O)N(CC(=O)N(Cc2cccc(Cl)c2)C(Cc2ccccc2)C(=O)NC2CCCCC2)c2ccccc2F)cc1. The van der Waals surface area contributed by atoms with Crippen LogP contribution in [0.5, 0.6) is 0 Å². The van der Waals surface area contributed by atoms with Crippen LogP contribution in [0.1, 0.15) is 48.8 Å². The zero-order valence-corrected chi connectivity index (χ0v) is 27.9. The summed E-state index contributed by atoms with van der Waals surface area (Å²) in [5, 5.41) is 3.63. The van der Waals surface area contributed by atoms with E-state index in [1.807, 2.05) is 37.3 Å². The van der Waals surface area contributed by atoms with Gasteiger partial charge in [-0.2, -0.15) is 0 Å². The molecule has 246 valence electrons. The second-order valence-electron chi connectivity index (χ2n) is 12.0. The Morgan fingerprint density at radius 2 is 1.53 bits per heavy atom. The Bertz CT molecular complexity index is 1780. The molecule has 1 fully saturated rings. The van der Waals surface area contributed by atoms with Gasteiger partial charge in [-0.1, -0.05) is 103 Å². The summed E-state index contributed by atoms with van der Waals surface area (Å²) in [6.07, 6.45) is 5.02. The Balaban J connectivity index is 1.57. The number of hydrogen-bond acceptors (Lipinski definition) is 4. The fourth-order valence-corrected chi connectivity index (χ4v) is 7.57. The Labute approximate surface area is 281 Å². The highest BCUT2D eigenvalue weighted by molar-refractivity contribution is 7.92. The van der Waals surface area contributed by atoms with Crippen LogP contribution in [0.15, 0.2) is 108 Å². The maximum absolute atomic E-state index is 15.3. The maximum atomic E-state index is 15.3. The van der Waals surface area contributed by atoms with Gasteiger partial charge in [0.2, 0.25) is 11.8 Å². The van der Waals surface area contributed by atoms with Crippen LogP contribution in [0.3, 0.4) is 0 Å². The van der Waals surface area contributed by atoms with E-state index < -0.39 is 34.3 Å². The monoisotopic (exact) mass is 675 g/mol. The van der Waals surface area contributed by atoms with Crippen molar-refractivity contribution in [1.82, 2.24) is 10.2 Å². The number of sulfonamides is 1. The van der Waals surface area contributed by atoms with Gasteiger partial charge in [-0.05, 0) is 67.3 Å². The highest BCUT2D eigenvalue weighted by atomic mass is 35.5. The van der Waals surface area contributed by atoms with E-state index in [9.17, 15) is 18.0 Å². The molecule has 47 heavy (non-hydrogen) atoms.